The van der Waals surface area contributed by atoms with Crippen molar-refractivity contribution in [3.63, 3.8) is 0 Å². The topological polar surface area (TPSA) is 51.6 Å². The second-order valence-corrected chi connectivity index (χ2v) is 14.9. The van der Waals surface area contributed by atoms with Crippen molar-refractivity contribution in [1.82, 2.24) is 19.9 Å². The molecule has 0 bridgehead atoms. The predicted molar refractivity (Wildman–Crippen MR) is 230 cm³/mol. The van der Waals surface area contributed by atoms with E-state index in [2.05, 4.69) is 152 Å². The minimum Gasteiger partial charge on any atom is -0.246 e. The minimum absolute atomic E-state index is 0.613. The van der Waals surface area contributed by atoms with Gasteiger partial charge < -0.3 is 0 Å². The molecule has 0 aliphatic rings. The van der Waals surface area contributed by atoms with Crippen molar-refractivity contribution < 1.29 is 0 Å². The molecule has 5 heteroatoms. The van der Waals surface area contributed by atoms with Gasteiger partial charge in [0.25, 0.3) is 0 Å². The zero-order valence-electron chi connectivity index (χ0n) is 29.5. The maximum absolute atomic E-state index is 5.35. The van der Waals surface area contributed by atoms with Crippen molar-refractivity contribution in [2.75, 3.05) is 0 Å². The van der Waals surface area contributed by atoms with Crippen LogP contribution in [0.25, 0.3) is 109 Å². The number of rotatable bonds is 5. The van der Waals surface area contributed by atoms with Crippen molar-refractivity contribution in [1.29, 1.82) is 0 Å². The van der Waals surface area contributed by atoms with E-state index in [0.717, 1.165) is 44.4 Å². The Morgan fingerprint density at radius 2 is 0.909 bits per heavy atom. The first-order valence-electron chi connectivity index (χ1n) is 18.4. The van der Waals surface area contributed by atoms with Crippen LogP contribution < -0.4 is 0 Å². The third-order valence-electron chi connectivity index (χ3n) is 10.5. The fraction of sp³-hybridized carbons (Fsp3) is 0. The molecule has 4 nitrogen and oxygen atoms in total. The van der Waals surface area contributed by atoms with E-state index in [-0.39, 0.29) is 0 Å². The van der Waals surface area contributed by atoms with E-state index in [1.807, 2.05) is 30.3 Å². The Bertz CT molecular complexity index is 3260. The van der Waals surface area contributed by atoms with Crippen LogP contribution in [0.4, 0.5) is 0 Å². The summed E-state index contributed by atoms with van der Waals surface area (Å²) in [7, 11) is 0. The number of fused-ring (bicyclic) bond motifs is 8. The van der Waals surface area contributed by atoms with Crippen LogP contribution >= 0.6 is 11.3 Å². The molecule has 0 aliphatic carbocycles. The van der Waals surface area contributed by atoms with Crippen LogP contribution in [0, 0.1) is 0 Å². The zero-order chi connectivity index (χ0) is 36.3. The molecule has 0 radical (unpaired) electrons. The number of aromatic nitrogens is 4. The standard InChI is InChI=1S/C50H30N4S/c1-2-13-34(14-3-1)48-52-49(35-28-25-32(26-29-35)39-22-11-15-33-27-24-31-12-4-5-18-38(31)44(33)39)54-50(53-48)37-17-10-16-36(30-37)45-40-19-6-7-20-41(40)47-46(51-45)42-21-8-9-23-43(42)55-47/h1-30H. The van der Waals surface area contributed by atoms with Gasteiger partial charge in [-0.1, -0.05) is 170 Å². The van der Waals surface area contributed by atoms with Crippen LogP contribution in [-0.2, 0) is 0 Å². The average Bonchev–Trinajstić information content (AvgIpc) is 3.65. The lowest BCUT2D eigenvalue weighted by molar-refractivity contribution is 1.07. The highest BCUT2D eigenvalue weighted by Gasteiger charge is 2.17. The van der Waals surface area contributed by atoms with Crippen LogP contribution in [0.15, 0.2) is 182 Å². The van der Waals surface area contributed by atoms with Gasteiger partial charge in [-0.05, 0) is 44.8 Å². The highest BCUT2D eigenvalue weighted by atomic mass is 32.1. The molecule has 0 atom stereocenters. The van der Waals surface area contributed by atoms with E-state index in [4.69, 9.17) is 19.9 Å². The Kier molecular flexibility index (Phi) is 7.32. The summed E-state index contributed by atoms with van der Waals surface area (Å²) in [5.74, 6) is 1.87. The second kappa shape index (κ2) is 12.8. The zero-order valence-corrected chi connectivity index (χ0v) is 30.3. The highest BCUT2D eigenvalue weighted by molar-refractivity contribution is 7.26. The third kappa shape index (κ3) is 5.36. The van der Waals surface area contributed by atoms with E-state index < -0.39 is 0 Å². The Morgan fingerprint density at radius 3 is 1.73 bits per heavy atom. The minimum atomic E-state index is 0.613. The fourth-order valence-corrected chi connectivity index (χ4v) is 9.04. The molecule has 0 spiro atoms. The lowest BCUT2D eigenvalue weighted by atomic mass is 9.93. The van der Waals surface area contributed by atoms with Gasteiger partial charge in [-0.25, -0.2) is 19.9 Å². The number of nitrogens with zero attached hydrogens (tertiary/aromatic N) is 4. The number of hydrogen-bond acceptors (Lipinski definition) is 5. The molecule has 8 aromatic carbocycles. The normalized spacial score (nSPS) is 11.6. The Labute approximate surface area is 321 Å². The molecule has 0 amide bonds. The fourth-order valence-electron chi connectivity index (χ4n) is 7.86. The summed E-state index contributed by atoms with van der Waals surface area (Å²) in [4.78, 5) is 20.6. The van der Waals surface area contributed by atoms with Gasteiger partial charge in [0, 0.05) is 43.1 Å². The monoisotopic (exact) mass is 718 g/mol. The average molecular weight is 719 g/mol. The molecule has 0 saturated carbocycles. The summed E-state index contributed by atoms with van der Waals surface area (Å²) in [6.45, 7) is 0. The largest absolute Gasteiger partial charge is 0.246 e. The molecule has 0 aliphatic heterocycles. The quantitative estimate of drug-likeness (QED) is 0.166. The molecular weight excluding hydrogens is 689 g/mol. The van der Waals surface area contributed by atoms with Crippen molar-refractivity contribution >= 4 is 64.0 Å². The summed E-state index contributed by atoms with van der Waals surface area (Å²) in [6, 6.07) is 63.9. The van der Waals surface area contributed by atoms with Crippen LogP contribution in [0.3, 0.4) is 0 Å². The molecule has 3 heterocycles. The van der Waals surface area contributed by atoms with E-state index in [1.54, 1.807) is 11.3 Å². The summed E-state index contributed by atoms with van der Waals surface area (Å²) >= 11 is 1.80. The van der Waals surface area contributed by atoms with Crippen LogP contribution in [0.1, 0.15) is 0 Å². The number of pyridine rings is 1. The summed E-state index contributed by atoms with van der Waals surface area (Å²) < 4.78 is 2.46. The summed E-state index contributed by atoms with van der Waals surface area (Å²) in [5.41, 5.74) is 8.11. The van der Waals surface area contributed by atoms with Crippen molar-refractivity contribution in [2.45, 2.75) is 0 Å². The van der Waals surface area contributed by atoms with Gasteiger partial charge in [-0.2, -0.15) is 0 Å². The molecule has 55 heavy (non-hydrogen) atoms. The molecule has 0 fully saturated rings. The Balaban J connectivity index is 1.04. The lowest BCUT2D eigenvalue weighted by Gasteiger charge is -2.12. The predicted octanol–water partition coefficient (Wildman–Crippen LogP) is 13.4. The van der Waals surface area contributed by atoms with Gasteiger partial charge in [0.1, 0.15) is 0 Å². The summed E-state index contributed by atoms with van der Waals surface area (Å²) in [5, 5.41) is 8.49. The van der Waals surface area contributed by atoms with Gasteiger partial charge in [0.15, 0.2) is 17.5 Å². The van der Waals surface area contributed by atoms with E-state index >= 15 is 0 Å². The van der Waals surface area contributed by atoms with Crippen molar-refractivity contribution in [3.8, 4) is 56.5 Å². The van der Waals surface area contributed by atoms with E-state index in [9.17, 15) is 0 Å². The molecule has 256 valence electrons. The molecular formula is C50H30N4S. The van der Waals surface area contributed by atoms with Gasteiger partial charge in [0.2, 0.25) is 0 Å². The van der Waals surface area contributed by atoms with Crippen LogP contribution in [-0.4, -0.2) is 19.9 Å². The first-order valence-corrected chi connectivity index (χ1v) is 19.2. The van der Waals surface area contributed by atoms with Gasteiger partial charge >= 0.3 is 0 Å². The lowest BCUT2D eigenvalue weighted by Crippen LogP contribution is -2.00. The molecule has 3 aromatic heterocycles. The maximum atomic E-state index is 5.35. The van der Waals surface area contributed by atoms with Crippen LogP contribution in [0.5, 0.6) is 0 Å². The Hall–Kier alpha value is -7.08. The van der Waals surface area contributed by atoms with Gasteiger partial charge in [-0.3, -0.25) is 0 Å². The maximum Gasteiger partial charge on any atom is 0.164 e. The molecule has 11 aromatic rings. The number of hydrogen-bond donors (Lipinski definition) is 0. The molecule has 0 N–H and O–H groups in total. The Morgan fingerprint density at radius 1 is 0.345 bits per heavy atom. The molecule has 0 unspecified atom stereocenters. The first-order chi connectivity index (χ1) is 27.2. The second-order valence-electron chi connectivity index (χ2n) is 13.8. The van der Waals surface area contributed by atoms with Crippen molar-refractivity contribution in [2.24, 2.45) is 0 Å². The number of benzene rings is 8. The van der Waals surface area contributed by atoms with Crippen LogP contribution in [0.2, 0.25) is 0 Å². The molecule has 0 saturated heterocycles. The van der Waals surface area contributed by atoms with E-state index in [1.165, 1.54) is 47.3 Å². The SMILES string of the molecule is c1ccc(-c2nc(-c3ccc(-c4cccc5ccc6ccccc6c45)cc3)nc(-c3cccc(-c4nc5c6ccccc6sc5c5ccccc45)c3)n2)cc1. The van der Waals surface area contributed by atoms with Crippen molar-refractivity contribution in [3.05, 3.63) is 182 Å². The summed E-state index contributed by atoms with van der Waals surface area (Å²) in [6.07, 6.45) is 0. The van der Waals surface area contributed by atoms with Gasteiger partial charge in [-0.15, -0.1) is 11.3 Å². The first kappa shape index (κ1) is 31.4. The molecule has 11 rings (SSSR count). The number of thiophene rings is 1. The van der Waals surface area contributed by atoms with Gasteiger partial charge in [0.05, 0.1) is 15.9 Å². The highest BCUT2D eigenvalue weighted by Crippen LogP contribution is 2.41. The van der Waals surface area contributed by atoms with E-state index in [0.29, 0.717) is 17.5 Å². The third-order valence-corrected chi connectivity index (χ3v) is 11.7. The smallest absolute Gasteiger partial charge is 0.164 e.